The molecule has 0 aliphatic heterocycles. The maximum absolute atomic E-state index is 13.0. The quantitative estimate of drug-likeness (QED) is 0.317. The van der Waals surface area contributed by atoms with Gasteiger partial charge in [0.2, 0.25) is 5.43 Å². The van der Waals surface area contributed by atoms with Gasteiger partial charge in [-0.1, -0.05) is 12.1 Å². The molecule has 3 aromatic rings. The van der Waals surface area contributed by atoms with Crippen LogP contribution in [0.4, 0.5) is 0 Å². The summed E-state index contributed by atoms with van der Waals surface area (Å²) in [6.07, 6.45) is 6.44. The van der Waals surface area contributed by atoms with E-state index in [0.717, 1.165) is 11.0 Å². The fraction of sp³-hybridized carbons (Fsp3) is 0.269. The summed E-state index contributed by atoms with van der Waals surface area (Å²) >= 11 is 0. The predicted molar refractivity (Wildman–Crippen MR) is 132 cm³/mol. The van der Waals surface area contributed by atoms with Crippen LogP contribution in [0, 0.1) is 0 Å². The van der Waals surface area contributed by atoms with Crippen LogP contribution in [0.5, 0.6) is 0 Å². The Labute approximate surface area is 198 Å². The molecule has 0 unspecified atom stereocenters. The fourth-order valence-corrected chi connectivity index (χ4v) is 3.41. The highest BCUT2D eigenvalue weighted by Gasteiger charge is 2.19. The van der Waals surface area contributed by atoms with Crippen molar-refractivity contribution in [2.45, 2.75) is 46.3 Å². The Bertz CT molecular complexity index is 1330. The molecule has 1 amide bonds. The molecule has 0 radical (unpaired) electrons. The number of pyridine rings is 2. The van der Waals surface area contributed by atoms with E-state index in [2.05, 4.69) is 10.3 Å². The van der Waals surface area contributed by atoms with E-state index in [4.69, 9.17) is 0 Å². The second-order valence-corrected chi connectivity index (χ2v) is 8.95. The van der Waals surface area contributed by atoms with Crippen molar-refractivity contribution in [1.82, 2.24) is 14.9 Å². The second-order valence-electron chi connectivity index (χ2n) is 8.95. The maximum Gasteiger partial charge on any atom is 0.256 e. The van der Waals surface area contributed by atoms with Crippen molar-refractivity contribution in [3.63, 3.8) is 0 Å². The number of nitrogens with two attached hydrogens (primary N) is 1. The standard InChI is InChI=1S/C26H30N4O4/c1-16(2)29-25(32)22-15-30(24-21(23(22)31)10-7-11-27-24)20-9-6-8-18(13-20)19(14-28-34)12-17(3)26(4,5)33/h6-16,28,33-34H,1-5H3,(H,29,32)/p+1/b17-12+,19-14+. The minimum Gasteiger partial charge on any atom is -0.386 e. The summed E-state index contributed by atoms with van der Waals surface area (Å²) in [5.41, 5.74) is 2.83. The number of amides is 1. The van der Waals surface area contributed by atoms with Crippen molar-refractivity contribution in [1.29, 1.82) is 0 Å². The zero-order valence-corrected chi connectivity index (χ0v) is 20.0. The van der Waals surface area contributed by atoms with Gasteiger partial charge in [-0.25, -0.2) is 10.2 Å². The Kier molecular flexibility index (Phi) is 7.46. The van der Waals surface area contributed by atoms with Crippen LogP contribution in [0.15, 0.2) is 71.4 Å². The Balaban J connectivity index is 2.22. The molecule has 5 N–H and O–H groups in total. The van der Waals surface area contributed by atoms with Crippen molar-refractivity contribution in [2.24, 2.45) is 0 Å². The molecule has 2 heterocycles. The number of nitrogens with one attached hydrogen (secondary N) is 1. The molecule has 0 atom stereocenters. The highest BCUT2D eigenvalue weighted by Crippen LogP contribution is 2.25. The number of quaternary nitrogens is 1. The van der Waals surface area contributed by atoms with Gasteiger partial charge in [0.25, 0.3) is 5.91 Å². The number of rotatable bonds is 7. The highest BCUT2D eigenvalue weighted by atomic mass is 16.5. The smallest absolute Gasteiger partial charge is 0.256 e. The minimum atomic E-state index is -1.02. The third-order valence-corrected chi connectivity index (χ3v) is 5.48. The number of benzene rings is 1. The summed E-state index contributed by atoms with van der Waals surface area (Å²) in [5, 5.41) is 22.9. The number of nitrogens with zero attached hydrogens (tertiary/aromatic N) is 2. The number of hydroxylamine groups is 1. The first-order valence-corrected chi connectivity index (χ1v) is 11.0. The van der Waals surface area contributed by atoms with Gasteiger partial charge in [-0.2, -0.15) is 5.48 Å². The van der Waals surface area contributed by atoms with Gasteiger partial charge in [-0.15, -0.1) is 0 Å². The number of hydrogen-bond donors (Lipinski definition) is 4. The molecule has 0 spiro atoms. The lowest BCUT2D eigenvalue weighted by atomic mass is 9.95. The van der Waals surface area contributed by atoms with E-state index in [-0.39, 0.29) is 17.0 Å². The lowest BCUT2D eigenvalue weighted by molar-refractivity contribution is -0.837. The normalized spacial score (nSPS) is 12.9. The molecule has 1 aromatic carbocycles. The van der Waals surface area contributed by atoms with Crippen LogP contribution in [-0.2, 0) is 0 Å². The number of fused-ring (bicyclic) bond motifs is 1. The molecule has 34 heavy (non-hydrogen) atoms. The van der Waals surface area contributed by atoms with E-state index in [0.29, 0.717) is 27.9 Å². The van der Waals surface area contributed by atoms with E-state index < -0.39 is 11.5 Å². The van der Waals surface area contributed by atoms with Crippen LogP contribution in [0.1, 0.15) is 50.5 Å². The first-order valence-electron chi connectivity index (χ1n) is 11.0. The highest BCUT2D eigenvalue weighted by molar-refractivity contribution is 5.97. The second kappa shape index (κ2) is 10.1. The van der Waals surface area contributed by atoms with Crippen molar-refractivity contribution in [2.75, 3.05) is 0 Å². The topological polar surface area (TPSA) is 121 Å². The van der Waals surface area contributed by atoms with Gasteiger partial charge in [-0.3, -0.25) is 9.59 Å². The molecular formula is C26H31N4O4+. The van der Waals surface area contributed by atoms with Crippen LogP contribution >= 0.6 is 0 Å². The summed E-state index contributed by atoms with van der Waals surface area (Å²) in [6.45, 7) is 8.86. The Morgan fingerprint density at radius 3 is 2.62 bits per heavy atom. The number of aliphatic hydroxyl groups is 1. The molecule has 8 heteroatoms. The van der Waals surface area contributed by atoms with Gasteiger partial charge in [0.15, 0.2) is 0 Å². The summed E-state index contributed by atoms with van der Waals surface area (Å²) in [5.74, 6) is -0.449. The van der Waals surface area contributed by atoms with E-state index >= 15 is 0 Å². The lowest BCUT2D eigenvalue weighted by Gasteiger charge is -2.19. The maximum atomic E-state index is 13.0. The number of allylic oxidation sites excluding steroid dienone is 2. The van der Waals surface area contributed by atoms with Crippen LogP contribution in [-0.4, -0.2) is 37.4 Å². The van der Waals surface area contributed by atoms with Gasteiger partial charge in [-0.05, 0) is 76.1 Å². The third kappa shape index (κ3) is 5.48. The molecule has 0 fully saturated rings. The Morgan fingerprint density at radius 2 is 1.97 bits per heavy atom. The molecule has 2 aromatic heterocycles. The van der Waals surface area contributed by atoms with E-state index in [1.54, 1.807) is 42.8 Å². The van der Waals surface area contributed by atoms with E-state index in [1.807, 2.05) is 45.0 Å². The SMILES string of the molecule is C/C(=C\C(=C/[NH2+]O)c1cccc(-n2cc(C(=O)NC(C)C)c(=O)c3cccnc32)c1)C(C)(C)O. The Hall–Kier alpha value is -3.59. The molecule has 3 rings (SSSR count). The van der Waals surface area contributed by atoms with Gasteiger partial charge in [0, 0.05) is 29.7 Å². The molecule has 0 saturated heterocycles. The van der Waals surface area contributed by atoms with Crippen molar-refractivity contribution in [3.05, 3.63) is 88.0 Å². The van der Waals surface area contributed by atoms with E-state index in [9.17, 15) is 19.9 Å². The molecule has 0 saturated carbocycles. The van der Waals surface area contributed by atoms with Crippen LogP contribution in [0.3, 0.4) is 0 Å². The number of hydrogen-bond acceptors (Lipinski definition) is 5. The lowest BCUT2D eigenvalue weighted by Crippen LogP contribution is -2.73. The van der Waals surface area contributed by atoms with Gasteiger partial charge in [0.1, 0.15) is 17.4 Å². The zero-order valence-electron chi connectivity index (χ0n) is 20.0. The van der Waals surface area contributed by atoms with Gasteiger partial charge >= 0.3 is 0 Å². The first-order chi connectivity index (χ1) is 16.0. The summed E-state index contributed by atoms with van der Waals surface area (Å²) in [7, 11) is 0. The average Bonchev–Trinajstić information content (AvgIpc) is 2.78. The molecule has 0 bridgehead atoms. The van der Waals surface area contributed by atoms with Gasteiger partial charge < -0.3 is 15.0 Å². The predicted octanol–water partition coefficient (Wildman–Crippen LogP) is 2.53. The van der Waals surface area contributed by atoms with Crippen LogP contribution < -0.4 is 16.2 Å². The first kappa shape index (κ1) is 25.0. The summed E-state index contributed by atoms with van der Waals surface area (Å²) < 4.78 is 1.71. The Morgan fingerprint density at radius 1 is 1.24 bits per heavy atom. The molecule has 0 aliphatic carbocycles. The third-order valence-electron chi connectivity index (χ3n) is 5.48. The number of aromatic nitrogens is 2. The van der Waals surface area contributed by atoms with Crippen molar-refractivity contribution >= 4 is 22.5 Å². The average molecular weight is 464 g/mol. The minimum absolute atomic E-state index is 0.0248. The number of carbonyl (C=O) groups is 1. The van der Waals surface area contributed by atoms with Crippen LogP contribution in [0.2, 0.25) is 0 Å². The molecular weight excluding hydrogens is 432 g/mol. The summed E-state index contributed by atoms with van der Waals surface area (Å²) in [6, 6.07) is 10.6. The van der Waals surface area contributed by atoms with Crippen molar-refractivity contribution in [3.8, 4) is 5.69 Å². The van der Waals surface area contributed by atoms with Gasteiger partial charge in [0.05, 0.1) is 11.0 Å². The molecule has 8 nitrogen and oxygen atoms in total. The molecule has 178 valence electrons. The number of carbonyl (C=O) groups excluding carboxylic acids is 1. The fourth-order valence-electron chi connectivity index (χ4n) is 3.41. The van der Waals surface area contributed by atoms with E-state index in [1.165, 1.54) is 12.4 Å². The summed E-state index contributed by atoms with van der Waals surface area (Å²) in [4.78, 5) is 30.2. The zero-order chi connectivity index (χ0) is 25.0. The molecule has 0 aliphatic rings. The monoisotopic (exact) mass is 463 g/mol. The van der Waals surface area contributed by atoms with Crippen LogP contribution in [0.25, 0.3) is 22.3 Å². The van der Waals surface area contributed by atoms with Crippen molar-refractivity contribution < 1.29 is 20.6 Å². The largest absolute Gasteiger partial charge is 0.386 e.